The van der Waals surface area contributed by atoms with Gasteiger partial charge >= 0.3 is 27.6 Å². The van der Waals surface area contributed by atoms with E-state index in [9.17, 15) is 69.1 Å². The molecule has 1 unspecified atom stereocenters. The van der Waals surface area contributed by atoms with Crippen molar-refractivity contribution in [2.24, 2.45) is 11.8 Å². The first-order chi connectivity index (χ1) is 32.3. The molecule has 390 valence electrons. The van der Waals surface area contributed by atoms with Gasteiger partial charge in [0.1, 0.15) is 31.0 Å². The molecule has 0 amide bonds. The Labute approximate surface area is 400 Å². The molecule has 0 aromatic rings. The van der Waals surface area contributed by atoms with Crippen LogP contribution >= 0.6 is 15.6 Å². The first kappa shape index (κ1) is 61.4. The number of fused-ring (bicyclic) bond motifs is 4. The average molecular weight is 1010 g/mol. The van der Waals surface area contributed by atoms with Crippen molar-refractivity contribution in [2.45, 2.75) is 184 Å². The molecule has 1 aliphatic carbocycles. The van der Waals surface area contributed by atoms with Crippen molar-refractivity contribution < 1.29 is 92.2 Å². The highest BCUT2D eigenvalue weighted by Gasteiger charge is 2.51. The van der Waals surface area contributed by atoms with Gasteiger partial charge in [0.25, 0.3) is 0 Å². The third-order valence-corrected chi connectivity index (χ3v) is 12.9. The van der Waals surface area contributed by atoms with E-state index in [1.807, 2.05) is 6.92 Å². The molecule has 19 nitrogen and oxygen atoms in total. The van der Waals surface area contributed by atoms with Gasteiger partial charge in [-0.1, -0.05) is 119 Å². The van der Waals surface area contributed by atoms with Crippen LogP contribution in [-0.4, -0.2) is 137 Å². The molecule has 2 rings (SSSR count). The van der Waals surface area contributed by atoms with Gasteiger partial charge in [-0.2, -0.15) is 0 Å². The molecule has 2 bridgehead atoms. The van der Waals surface area contributed by atoms with Crippen molar-refractivity contribution in [1.29, 1.82) is 0 Å². The maximum Gasteiger partial charge on any atom is 0.472 e. The highest BCUT2D eigenvalue weighted by Crippen LogP contribution is 2.49. The van der Waals surface area contributed by atoms with Gasteiger partial charge in [0, 0.05) is 24.7 Å². The van der Waals surface area contributed by atoms with Crippen molar-refractivity contribution in [1.82, 2.24) is 0 Å². The number of carbonyl (C=O) groups excluding carboxylic acids is 2. The maximum absolute atomic E-state index is 13.7. The van der Waals surface area contributed by atoms with Crippen LogP contribution in [0.1, 0.15) is 123 Å². The van der Waals surface area contributed by atoms with Gasteiger partial charge < -0.3 is 59.9 Å². The Kier molecular flexibility index (Phi) is 30.6. The number of hydrogen-bond acceptors (Lipinski definition) is 16. The SMILES string of the molecule is CC/C=C\C/C=C\C/C=C\C/C=C\CCCCCCC(=O)O[C@@H]1COC(=O)C/C=C\C[C@H]2[C@@H](O)[C@H](O)[C@@H](O)[C@H](OP(=O)(O)OC1)[C@H](OP(=O)(O)O)[C@H](O)[C@@H](/C=C/[C@H](O)CCCCC)[C@H](O)C[C@@H]2O. The summed E-state index contributed by atoms with van der Waals surface area (Å²) in [5, 5.41) is 79.4. The number of phosphoric acid groups is 2. The van der Waals surface area contributed by atoms with Gasteiger partial charge in [-0.3, -0.25) is 23.2 Å². The number of aliphatic hydroxyl groups is 7. The minimum absolute atomic E-state index is 0.0670. The maximum atomic E-state index is 13.7. The Morgan fingerprint density at radius 1 is 0.824 bits per heavy atom. The summed E-state index contributed by atoms with van der Waals surface area (Å²) >= 11 is 0. The van der Waals surface area contributed by atoms with E-state index in [2.05, 4.69) is 55.5 Å². The first-order valence-electron chi connectivity index (χ1n) is 23.7. The van der Waals surface area contributed by atoms with Crippen LogP contribution in [0.3, 0.4) is 0 Å². The zero-order valence-corrected chi connectivity index (χ0v) is 41.1. The number of aliphatic hydroxyl groups excluding tert-OH is 7. The third-order valence-electron chi connectivity index (χ3n) is 11.4. The lowest BCUT2D eigenvalue weighted by atomic mass is 9.83. The molecule has 13 atom stereocenters. The van der Waals surface area contributed by atoms with Crippen LogP contribution < -0.4 is 0 Å². The molecule has 10 N–H and O–H groups in total. The molecule has 21 heteroatoms. The highest BCUT2D eigenvalue weighted by molar-refractivity contribution is 7.47. The molecule has 0 saturated heterocycles. The van der Waals surface area contributed by atoms with E-state index < -0.39 is 120 Å². The van der Waals surface area contributed by atoms with Crippen LogP contribution in [0.15, 0.2) is 72.9 Å². The number of allylic oxidation sites excluding steroid dienone is 9. The second-order valence-corrected chi connectivity index (χ2v) is 19.7. The predicted octanol–water partition coefficient (Wildman–Crippen LogP) is 5.22. The van der Waals surface area contributed by atoms with Gasteiger partial charge in [0.15, 0.2) is 6.10 Å². The van der Waals surface area contributed by atoms with E-state index in [1.165, 1.54) is 18.2 Å². The highest BCUT2D eigenvalue weighted by atomic mass is 31.2. The van der Waals surface area contributed by atoms with Gasteiger partial charge in [-0.25, -0.2) is 9.13 Å². The second-order valence-electron chi connectivity index (χ2n) is 17.1. The topological polar surface area (TPSA) is 317 Å². The zero-order chi connectivity index (χ0) is 50.5. The van der Waals surface area contributed by atoms with Crippen LogP contribution in [0, 0.1) is 11.8 Å². The number of hydrogen-bond donors (Lipinski definition) is 10. The minimum Gasteiger partial charge on any atom is -0.461 e. The van der Waals surface area contributed by atoms with Crippen molar-refractivity contribution in [3.05, 3.63) is 72.9 Å². The molecule has 0 spiro atoms. The van der Waals surface area contributed by atoms with Gasteiger partial charge in [-0.15, -0.1) is 0 Å². The third kappa shape index (κ3) is 25.4. The summed E-state index contributed by atoms with van der Waals surface area (Å²) in [5.41, 5.74) is 0. The Bertz CT molecular complexity index is 1710. The second kappa shape index (κ2) is 33.8. The Balaban J connectivity index is 2.29. The van der Waals surface area contributed by atoms with E-state index in [4.69, 9.17) is 23.0 Å². The Hall–Kier alpha value is -2.68. The summed E-state index contributed by atoms with van der Waals surface area (Å²) in [6, 6.07) is 0. The number of rotatable bonds is 23. The summed E-state index contributed by atoms with van der Waals surface area (Å²) < 4.78 is 51.9. The molecular formula is C47H78O19P2. The standard InChI is InChI=1S/C47H78O19P2/c1-3-5-7-8-9-10-11-12-13-14-15-16-17-18-19-20-22-28-41(52)64-35-32-62-40(51)27-24-23-26-36-38(49)31-39(50)37(30-29-34(48)25-21-6-4-2)43(54)46(65-67(57,58)59)47(45(56)44(55)42(36)53)66-68(60,61)63-33-35/h5,7,9-10,12-13,15-16,23-24,29-30,34-39,42-50,53-56H,3-4,6,8,11,14,17-22,25-28,31-33H2,1-2H3,(H,60,61)(H2,57,58,59)/b7-5-,10-9-,13-12-,16-15-,24-23-,30-29+/t34-,35-,36-,37+,38+,39-,42-,43-,44+,45-,46-,47+/m1/s1. The fourth-order valence-corrected chi connectivity index (χ4v) is 9.10. The van der Waals surface area contributed by atoms with Crippen molar-refractivity contribution >= 4 is 27.6 Å². The molecule has 68 heavy (non-hydrogen) atoms. The van der Waals surface area contributed by atoms with Gasteiger partial charge in [-0.05, 0) is 57.8 Å². The largest absolute Gasteiger partial charge is 0.472 e. The van der Waals surface area contributed by atoms with Gasteiger partial charge in [0.2, 0.25) is 0 Å². The molecule has 0 aromatic carbocycles. The van der Waals surface area contributed by atoms with E-state index >= 15 is 0 Å². The fraction of sp³-hybridized carbons (Fsp3) is 0.702. The number of carbonyl (C=O) groups is 2. The summed E-state index contributed by atoms with van der Waals surface area (Å²) in [7, 11) is -11.4. The van der Waals surface area contributed by atoms with Crippen LogP contribution in [0.25, 0.3) is 0 Å². The molecule has 0 radical (unpaired) electrons. The quantitative estimate of drug-likeness (QED) is 0.0272. The van der Waals surface area contributed by atoms with Crippen molar-refractivity contribution in [2.75, 3.05) is 13.2 Å². The lowest BCUT2D eigenvalue weighted by Gasteiger charge is -2.38. The number of cyclic esters (lactones) is 1. The lowest BCUT2D eigenvalue weighted by molar-refractivity contribution is -0.165. The predicted molar refractivity (Wildman–Crippen MR) is 252 cm³/mol. The molecule has 1 heterocycles. The van der Waals surface area contributed by atoms with Crippen LogP contribution in [0.4, 0.5) is 0 Å². The molecule has 1 aliphatic heterocycles. The summed E-state index contributed by atoms with van der Waals surface area (Å²) in [5.74, 6) is -4.80. The molecule has 2 aliphatic rings. The van der Waals surface area contributed by atoms with Crippen molar-refractivity contribution in [3.8, 4) is 0 Å². The Morgan fingerprint density at radius 3 is 2.12 bits per heavy atom. The van der Waals surface area contributed by atoms with Crippen LogP contribution in [0.2, 0.25) is 0 Å². The number of phosphoric ester groups is 2. The molecule has 1 saturated carbocycles. The average Bonchev–Trinajstić information content (AvgIpc) is 3.28. The van der Waals surface area contributed by atoms with E-state index in [-0.39, 0.29) is 25.7 Å². The molecule has 0 aromatic heterocycles. The normalized spacial score (nSPS) is 32.0. The summed E-state index contributed by atoms with van der Waals surface area (Å²) in [6.07, 6.45) is 8.95. The van der Waals surface area contributed by atoms with Gasteiger partial charge in [0.05, 0.1) is 43.5 Å². The molecule has 1 fully saturated rings. The summed E-state index contributed by atoms with van der Waals surface area (Å²) in [4.78, 5) is 56.6. The number of esters is 2. The first-order valence-corrected chi connectivity index (χ1v) is 26.8. The zero-order valence-electron chi connectivity index (χ0n) is 39.3. The minimum atomic E-state index is -5.77. The number of ether oxygens (including phenoxy) is 2. The lowest BCUT2D eigenvalue weighted by Crippen LogP contribution is -2.56. The smallest absolute Gasteiger partial charge is 0.461 e. The van der Waals surface area contributed by atoms with Crippen LogP contribution in [-0.2, 0) is 41.8 Å². The van der Waals surface area contributed by atoms with Crippen molar-refractivity contribution in [3.63, 3.8) is 0 Å². The van der Waals surface area contributed by atoms with Crippen LogP contribution in [0.5, 0.6) is 0 Å². The van der Waals surface area contributed by atoms with E-state index in [0.29, 0.717) is 19.3 Å². The molecular weight excluding hydrogens is 930 g/mol. The monoisotopic (exact) mass is 1010 g/mol. The summed E-state index contributed by atoms with van der Waals surface area (Å²) in [6.45, 7) is 2.38. The Morgan fingerprint density at radius 2 is 1.47 bits per heavy atom. The van der Waals surface area contributed by atoms with E-state index in [0.717, 1.165) is 63.9 Å². The van der Waals surface area contributed by atoms with E-state index in [1.54, 1.807) is 0 Å². The number of unbranched alkanes of at least 4 members (excludes halogenated alkanes) is 6. The fourth-order valence-electron chi connectivity index (χ4n) is 7.57.